The Bertz CT molecular complexity index is 1510. The molecule has 4 rings (SSSR count). The van der Waals surface area contributed by atoms with Crippen LogP contribution in [0, 0.1) is 17.2 Å². The Morgan fingerprint density at radius 1 is 0.773 bits per heavy atom. The van der Waals surface area contributed by atoms with E-state index in [1.807, 2.05) is 103 Å². The fourth-order valence-electron chi connectivity index (χ4n) is 4.64. The van der Waals surface area contributed by atoms with Crippen LogP contribution in [0.1, 0.15) is 61.8 Å². The maximum atomic E-state index is 12.8. The number of carbonyl (C=O) groups is 2. The molecule has 0 saturated carbocycles. The summed E-state index contributed by atoms with van der Waals surface area (Å²) in [5.74, 6) is -1.02. The number of aliphatic carboxylic acids is 1. The zero-order chi connectivity index (χ0) is 31.6. The van der Waals surface area contributed by atoms with Crippen molar-refractivity contribution in [2.75, 3.05) is 6.61 Å². The summed E-state index contributed by atoms with van der Waals surface area (Å²) in [7, 11) is 0. The predicted octanol–water partition coefficient (Wildman–Crippen LogP) is 9.08. The van der Waals surface area contributed by atoms with Crippen molar-refractivity contribution in [2.45, 2.75) is 39.5 Å². The third kappa shape index (κ3) is 10.3. The Morgan fingerprint density at radius 3 is 1.68 bits per heavy atom. The fourth-order valence-corrected chi connectivity index (χ4v) is 4.64. The number of nitriles is 1. The van der Waals surface area contributed by atoms with E-state index in [0.717, 1.165) is 24.0 Å². The van der Waals surface area contributed by atoms with E-state index in [1.54, 1.807) is 30.3 Å². The van der Waals surface area contributed by atoms with Crippen molar-refractivity contribution < 1.29 is 19.4 Å². The van der Waals surface area contributed by atoms with Gasteiger partial charge in [0.1, 0.15) is 11.6 Å². The van der Waals surface area contributed by atoms with Crippen LogP contribution in [0.15, 0.2) is 127 Å². The molecule has 1 N–H and O–H groups in total. The number of nitrogens with zero attached hydrogens (tertiary/aromatic N) is 1. The van der Waals surface area contributed by atoms with Gasteiger partial charge in [0.15, 0.2) is 0 Å². The maximum Gasteiger partial charge on any atom is 0.347 e. The van der Waals surface area contributed by atoms with Crippen LogP contribution in [0.3, 0.4) is 0 Å². The van der Waals surface area contributed by atoms with Gasteiger partial charge in [-0.3, -0.25) is 0 Å². The molecule has 0 aliphatic carbocycles. The lowest BCUT2D eigenvalue weighted by Gasteiger charge is -2.16. The van der Waals surface area contributed by atoms with Gasteiger partial charge in [0, 0.05) is 5.57 Å². The molecule has 4 aromatic rings. The highest BCUT2D eigenvalue weighted by Crippen LogP contribution is 2.27. The first-order valence-corrected chi connectivity index (χ1v) is 15.0. The number of carbonyl (C=O) groups excluding carboxylic acids is 1. The monoisotopic (exact) mass is 585 g/mol. The van der Waals surface area contributed by atoms with E-state index in [9.17, 15) is 14.7 Å². The van der Waals surface area contributed by atoms with Gasteiger partial charge in [-0.1, -0.05) is 154 Å². The van der Waals surface area contributed by atoms with Gasteiger partial charge in [-0.25, -0.2) is 9.59 Å². The highest BCUT2D eigenvalue weighted by Gasteiger charge is 2.18. The van der Waals surface area contributed by atoms with E-state index in [-0.39, 0.29) is 11.5 Å². The van der Waals surface area contributed by atoms with E-state index >= 15 is 0 Å². The first-order valence-electron chi connectivity index (χ1n) is 15.0. The summed E-state index contributed by atoms with van der Waals surface area (Å²) in [5.41, 5.74) is 4.11. The molecule has 0 amide bonds. The van der Waals surface area contributed by atoms with Crippen LogP contribution >= 0.6 is 0 Å². The van der Waals surface area contributed by atoms with Crippen molar-refractivity contribution in [1.82, 2.24) is 0 Å². The van der Waals surface area contributed by atoms with Gasteiger partial charge in [0.2, 0.25) is 0 Å². The standard InChI is InChI=1S/C23H28O2.C16H11NO2/c1-3-5-12-19(4-2)18-25-23(24)22(21-15-10-7-11-16-21)17-20-13-8-6-9-14-20;17-11-14(16(18)19)15(12-7-3-1-4-8-12)13-9-5-2-6-10-13/h6-11,13-17,19H,3-5,12,18H2,1-2H3;1-10H,(H,18,19). The van der Waals surface area contributed by atoms with Gasteiger partial charge in [-0.2, -0.15) is 5.26 Å². The summed E-state index contributed by atoms with van der Waals surface area (Å²) >= 11 is 0. The summed E-state index contributed by atoms with van der Waals surface area (Å²) in [4.78, 5) is 24.0. The van der Waals surface area contributed by atoms with Crippen molar-refractivity contribution in [1.29, 1.82) is 5.26 Å². The van der Waals surface area contributed by atoms with E-state index in [2.05, 4.69) is 13.8 Å². The van der Waals surface area contributed by atoms with Gasteiger partial charge in [-0.05, 0) is 40.7 Å². The molecule has 0 bridgehead atoms. The minimum atomic E-state index is -1.22. The number of unbranched alkanes of at least 4 members (excludes halogenated alkanes) is 1. The minimum Gasteiger partial charge on any atom is -0.477 e. The number of carboxylic acids is 1. The van der Waals surface area contributed by atoms with Crippen LogP contribution in [0.2, 0.25) is 0 Å². The average Bonchev–Trinajstić information content (AvgIpc) is 3.07. The van der Waals surface area contributed by atoms with Crippen LogP contribution in [-0.2, 0) is 14.3 Å². The summed E-state index contributed by atoms with van der Waals surface area (Å²) in [6.45, 7) is 4.84. The van der Waals surface area contributed by atoms with Gasteiger partial charge in [-0.15, -0.1) is 0 Å². The highest BCUT2D eigenvalue weighted by molar-refractivity contribution is 6.21. The smallest absolute Gasteiger partial charge is 0.347 e. The van der Waals surface area contributed by atoms with Gasteiger partial charge < -0.3 is 9.84 Å². The second kappa shape index (κ2) is 18.4. The van der Waals surface area contributed by atoms with E-state index in [1.165, 1.54) is 12.8 Å². The summed E-state index contributed by atoms with van der Waals surface area (Å²) in [6, 6.07) is 39.5. The Hall–Kier alpha value is -5.21. The van der Waals surface area contributed by atoms with E-state index in [4.69, 9.17) is 10.00 Å². The molecule has 0 spiro atoms. The van der Waals surface area contributed by atoms with Crippen molar-refractivity contribution in [3.05, 3.63) is 149 Å². The number of rotatable bonds is 12. The molecular weight excluding hydrogens is 546 g/mol. The lowest BCUT2D eigenvalue weighted by atomic mass is 9.93. The quantitative estimate of drug-likeness (QED) is 0.0775. The molecule has 44 heavy (non-hydrogen) atoms. The molecule has 224 valence electrons. The predicted molar refractivity (Wildman–Crippen MR) is 177 cm³/mol. The average molecular weight is 586 g/mol. The van der Waals surface area contributed by atoms with Crippen molar-refractivity contribution >= 4 is 29.2 Å². The van der Waals surface area contributed by atoms with Gasteiger partial charge in [0.05, 0.1) is 12.2 Å². The topological polar surface area (TPSA) is 87.4 Å². The van der Waals surface area contributed by atoms with E-state index in [0.29, 0.717) is 34.8 Å². The number of ether oxygens (including phenoxy) is 1. The van der Waals surface area contributed by atoms with E-state index < -0.39 is 5.97 Å². The van der Waals surface area contributed by atoms with Crippen molar-refractivity contribution in [3.8, 4) is 6.07 Å². The number of esters is 1. The first kappa shape index (κ1) is 33.3. The zero-order valence-electron chi connectivity index (χ0n) is 25.4. The second-order valence-corrected chi connectivity index (χ2v) is 10.2. The van der Waals surface area contributed by atoms with Gasteiger partial charge >= 0.3 is 11.9 Å². The normalized spacial score (nSPS) is 11.2. The Labute approximate surface area is 260 Å². The lowest BCUT2D eigenvalue weighted by molar-refractivity contribution is -0.138. The molecule has 0 fully saturated rings. The molecule has 5 nitrogen and oxygen atoms in total. The largest absolute Gasteiger partial charge is 0.477 e. The molecule has 0 heterocycles. The van der Waals surface area contributed by atoms with Crippen LogP contribution in [0.4, 0.5) is 0 Å². The lowest BCUT2D eigenvalue weighted by Crippen LogP contribution is -2.15. The zero-order valence-corrected chi connectivity index (χ0v) is 25.4. The number of benzene rings is 4. The molecule has 0 saturated heterocycles. The molecule has 0 aliphatic rings. The highest BCUT2D eigenvalue weighted by atomic mass is 16.5. The summed E-state index contributed by atoms with van der Waals surface area (Å²) in [6.07, 6.45) is 6.42. The number of hydrogen-bond acceptors (Lipinski definition) is 4. The molecule has 4 aromatic carbocycles. The molecule has 0 aromatic heterocycles. The minimum absolute atomic E-state index is 0.245. The SMILES string of the molecule is CCCCC(CC)COC(=O)C(=Cc1ccccc1)c1ccccc1.N#CC(C(=O)O)=C(c1ccccc1)c1ccccc1. The molecule has 1 atom stereocenters. The molecule has 0 aliphatic heterocycles. The van der Waals surface area contributed by atoms with Crippen LogP contribution in [0.5, 0.6) is 0 Å². The second-order valence-electron chi connectivity index (χ2n) is 10.2. The fraction of sp³-hybridized carbons (Fsp3) is 0.205. The Kier molecular flexibility index (Phi) is 13.9. The molecular formula is C39H39NO4. The Morgan fingerprint density at radius 2 is 1.25 bits per heavy atom. The third-order valence-electron chi connectivity index (χ3n) is 7.11. The molecule has 5 heteroatoms. The maximum absolute atomic E-state index is 12.8. The van der Waals surface area contributed by atoms with Crippen LogP contribution < -0.4 is 0 Å². The molecule has 0 radical (unpaired) electrons. The van der Waals surface area contributed by atoms with Crippen LogP contribution in [-0.4, -0.2) is 23.7 Å². The first-order chi connectivity index (χ1) is 21.5. The van der Waals surface area contributed by atoms with Crippen LogP contribution in [0.25, 0.3) is 17.2 Å². The van der Waals surface area contributed by atoms with Crippen molar-refractivity contribution in [2.24, 2.45) is 5.92 Å². The Balaban J connectivity index is 0.000000249. The van der Waals surface area contributed by atoms with Crippen molar-refractivity contribution in [3.63, 3.8) is 0 Å². The number of hydrogen-bond donors (Lipinski definition) is 1. The summed E-state index contributed by atoms with van der Waals surface area (Å²) in [5, 5.41) is 18.3. The molecule has 1 unspecified atom stereocenters. The van der Waals surface area contributed by atoms with Gasteiger partial charge in [0.25, 0.3) is 0 Å². The number of carboxylic acid groups (broad SMARTS) is 1. The third-order valence-corrected chi connectivity index (χ3v) is 7.11. The summed E-state index contributed by atoms with van der Waals surface area (Å²) < 4.78 is 5.67.